The lowest BCUT2D eigenvalue weighted by Gasteiger charge is -2.22. The normalized spacial score (nSPS) is 13.9. The fraction of sp³-hybridized carbons (Fsp3) is 0.400. The zero-order valence-corrected chi connectivity index (χ0v) is 10.8. The summed E-state index contributed by atoms with van der Waals surface area (Å²) in [4.78, 5) is 0. The van der Waals surface area contributed by atoms with Crippen LogP contribution in [-0.4, -0.2) is 17.6 Å². The van der Waals surface area contributed by atoms with Gasteiger partial charge in [0.25, 0.3) is 5.92 Å². The first-order valence-electron chi connectivity index (χ1n) is 4.70. The third-order valence-electron chi connectivity index (χ3n) is 2.27. The lowest BCUT2D eigenvalue weighted by atomic mass is 9.99. The summed E-state index contributed by atoms with van der Waals surface area (Å²) < 4.78 is 63.5. The van der Waals surface area contributed by atoms with Crippen molar-refractivity contribution in [3.63, 3.8) is 0 Å². The van der Waals surface area contributed by atoms with Gasteiger partial charge in [-0.1, -0.05) is 11.6 Å². The summed E-state index contributed by atoms with van der Waals surface area (Å²) in [5, 5.41) is 8.08. The minimum absolute atomic E-state index is 0. The Morgan fingerprint density at radius 3 is 2.11 bits per heavy atom. The molecule has 0 saturated heterocycles. The summed E-state index contributed by atoms with van der Waals surface area (Å²) in [6.07, 6.45) is -4.71. The monoisotopic (exact) mass is 325 g/mol. The van der Waals surface area contributed by atoms with Gasteiger partial charge in [-0.15, -0.1) is 12.4 Å². The van der Waals surface area contributed by atoms with Gasteiger partial charge in [-0.3, -0.25) is 0 Å². The molecule has 0 amide bonds. The van der Waals surface area contributed by atoms with E-state index in [9.17, 15) is 22.0 Å². The Balaban J connectivity index is 0.00000324. The Bertz CT molecular complexity index is 438. The van der Waals surface area contributed by atoms with Crippen LogP contribution in [0.2, 0.25) is 5.02 Å². The third kappa shape index (κ3) is 4.45. The first-order chi connectivity index (χ1) is 8.08. The quantitative estimate of drug-likeness (QED) is 0.836. The number of benzene rings is 1. The molecule has 0 aliphatic rings. The van der Waals surface area contributed by atoms with Gasteiger partial charge in [0.15, 0.2) is 0 Å². The molecule has 110 valence electrons. The van der Waals surface area contributed by atoms with Gasteiger partial charge < -0.3 is 10.8 Å². The molecule has 0 fully saturated rings. The number of rotatable bonds is 3. The molecule has 1 atom stereocenters. The second kappa shape index (κ2) is 6.21. The molecule has 0 radical (unpaired) electrons. The zero-order valence-electron chi connectivity index (χ0n) is 9.22. The van der Waals surface area contributed by atoms with E-state index in [1.54, 1.807) is 0 Å². The number of hydrogen-bond acceptors (Lipinski definition) is 2. The maximum Gasteiger partial charge on any atom is 0.416 e. The van der Waals surface area contributed by atoms with Crippen molar-refractivity contribution in [2.45, 2.75) is 18.1 Å². The van der Waals surface area contributed by atoms with E-state index in [4.69, 9.17) is 22.4 Å². The van der Waals surface area contributed by atoms with Gasteiger partial charge in [0.1, 0.15) is 6.61 Å². The predicted molar refractivity (Wildman–Crippen MR) is 62.7 cm³/mol. The van der Waals surface area contributed by atoms with E-state index < -0.39 is 35.9 Å². The highest BCUT2D eigenvalue weighted by Gasteiger charge is 2.39. The van der Waals surface area contributed by atoms with E-state index in [0.29, 0.717) is 12.1 Å². The Morgan fingerprint density at radius 1 is 1.16 bits per heavy atom. The maximum atomic E-state index is 13.1. The van der Waals surface area contributed by atoms with Crippen LogP contribution in [0.3, 0.4) is 0 Å². The molecule has 1 rings (SSSR count). The van der Waals surface area contributed by atoms with Crippen molar-refractivity contribution in [3.05, 3.63) is 34.3 Å². The van der Waals surface area contributed by atoms with Gasteiger partial charge in [-0.05, 0) is 23.8 Å². The number of aliphatic hydroxyl groups excluding tert-OH is 1. The standard InChI is InChI=1S/C10H9ClF5NO.ClH/c11-7-2-5(8(17)9(12,13)4-18)1-6(3-7)10(14,15)16;/h1-3,8,18H,4,17H2;1H/t8-;/m1./s1. The first-order valence-corrected chi connectivity index (χ1v) is 5.07. The SMILES string of the molecule is Cl.N[C@H](c1cc(Cl)cc(C(F)(F)F)c1)C(F)(F)CO. The number of aliphatic hydroxyl groups is 1. The van der Waals surface area contributed by atoms with E-state index in [-0.39, 0.29) is 17.4 Å². The second-order valence-electron chi connectivity index (χ2n) is 3.67. The smallest absolute Gasteiger partial charge is 0.390 e. The van der Waals surface area contributed by atoms with Crippen LogP contribution in [0.25, 0.3) is 0 Å². The highest BCUT2D eigenvalue weighted by Crippen LogP contribution is 2.36. The van der Waals surface area contributed by atoms with Crippen LogP contribution < -0.4 is 5.73 Å². The molecule has 0 aromatic heterocycles. The Kier molecular flexibility index (Phi) is 6.01. The lowest BCUT2D eigenvalue weighted by molar-refractivity contribution is -0.137. The highest BCUT2D eigenvalue weighted by molar-refractivity contribution is 6.30. The van der Waals surface area contributed by atoms with Gasteiger partial charge in [0.05, 0.1) is 11.6 Å². The van der Waals surface area contributed by atoms with E-state index >= 15 is 0 Å². The minimum atomic E-state index is -4.71. The van der Waals surface area contributed by atoms with Crippen LogP contribution in [0.5, 0.6) is 0 Å². The van der Waals surface area contributed by atoms with Crippen LogP contribution in [0.1, 0.15) is 17.2 Å². The Hall–Kier alpha value is -0.630. The molecule has 9 heteroatoms. The molecule has 2 nitrogen and oxygen atoms in total. The summed E-state index contributed by atoms with van der Waals surface area (Å²) in [5.74, 6) is -3.73. The third-order valence-corrected chi connectivity index (χ3v) is 2.49. The first kappa shape index (κ1) is 18.4. The van der Waals surface area contributed by atoms with Gasteiger partial charge in [-0.2, -0.15) is 13.2 Å². The molecular weight excluding hydrogens is 316 g/mol. The summed E-state index contributed by atoms with van der Waals surface area (Å²) in [6, 6.07) is -0.0673. The number of nitrogens with two attached hydrogens (primary N) is 1. The zero-order chi connectivity index (χ0) is 14.1. The van der Waals surface area contributed by atoms with Crippen molar-refractivity contribution >= 4 is 24.0 Å². The minimum Gasteiger partial charge on any atom is -0.390 e. The van der Waals surface area contributed by atoms with Crippen molar-refractivity contribution in [2.24, 2.45) is 5.73 Å². The van der Waals surface area contributed by atoms with Crippen LogP contribution >= 0.6 is 24.0 Å². The summed E-state index contributed by atoms with van der Waals surface area (Å²) in [6.45, 7) is -1.57. The molecule has 0 saturated carbocycles. The van der Waals surface area contributed by atoms with Crippen molar-refractivity contribution in [2.75, 3.05) is 6.61 Å². The summed E-state index contributed by atoms with van der Waals surface area (Å²) in [7, 11) is 0. The molecule has 0 heterocycles. The molecule has 19 heavy (non-hydrogen) atoms. The van der Waals surface area contributed by atoms with E-state index in [1.165, 1.54) is 0 Å². The van der Waals surface area contributed by atoms with Crippen molar-refractivity contribution < 1.29 is 27.1 Å². The Morgan fingerprint density at radius 2 is 1.68 bits per heavy atom. The average Bonchev–Trinajstić information content (AvgIpc) is 2.26. The van der Waals surface area contributed by atoms with Crippen LogP contribution in [0.4, 0.5) is 22.0 Å². The van der Waals surface area contributed by atoms with Gasteiger partial charge in [0, 0.05) is 5.02 Å². The molecule has 0 aliphatic heterocycles. The Labute approximate surface area is 116 Å². The largest absolute Gasteiger partial charge is 0.416 e. The number of alkyl halides is 5. The highest BCUT2D eigenvalue weighted by atomic mass is 35.5. The van der Waals surface area contributed by atoms with E-state index in [2.05, 4.69) is 0 Å². The van der Waals surface area contributed by atoms with Crippen molar-refractivity contribution in [1.82, 2.24) is 0 Å². The number of halogens is 7. The molecule has 3 N–H and O–H groups in total. The summed E-state index contributed by atoms with van der Waals surface area (Å²) >= 11 is 5.43. The summed E-state index contributed by atoms with van der Waals surface area (Å²) in [5.41, 5.74) is 3.46. The molecule has 0 unspecified atom stereocenters. The van der Waals surface area contributed by atoms with Gasteiger partial charge >= 0.3 is 6.18 Å². The predicted octanol–water partition coefficient (Wildman–Crippen LogP) is 3.41. The average molecular weight is 326 g/mol. The molecule has 0 aliphatic carbocycles. The fourth-order valence-corrected chi connectivity index (χ4v) is 1.54. The van der Waals surface area contributed by atoms with E-state index in [0.717, 1.165) is 6.07 Å². The molecular formula is C10H10Cl2F5NO. The topological polar surface area (TPSA) is 46.2 Å². The molecule has 1 aromatic carbocycles. The van der Waals surface area contributed by atoms with Crippen LogP contribution in [0.15, 0.2) is 18.2 Å². The van der Waals surface area contributed by atoms with Gasteiger partial charge in [0.2, 0.25) is 0 Å². The van der Waals surface area contributed by atoms with Gasteiger partial charge in [-0.25, -0.2) is 8.78 Å². The lowest BCUT2D eigenvalue weighted by Crippen LogP contribution is -2.36. The fourth-order valence-electron chi connectivity index (χ4n) is 1.30. The molecule has 0 bridgehead atoms. The second-order valence-corrected chi connectivity index (χ2v) is 4.10. The van der Waals surface area contributed by atoms with Crippen molar-refractivity contribution in [1.29, 1.82) is 0 Å². The van der Waals surface area contributed by atoms with Crippen molar-refractivity contribution in [3.8, 4) is 0 Å². The maximum absolute atomic E-state index is 13.1. The van der Waals surface area contributed by atoms with E-state index in [1.807, 2.05) is 0 Å². The van der Waals surface area contributed by atoms with Crippen LogP contribution in [0, 0.1) is 0 Å². The number of hydrogen-bond donors (Lipinski definition) is 2. The van der Waals surface area contributed by atoms with Crippen LogP contribution in [-0.2, 0) is 6.18 Å². The molecule has 1 aromatic rings. The molecule has 0 spiro atoms.